The van der Waals surface area contributed by atoms with Crippen molar-refractivity contribution < 1.29 is 19.7 Å². The number of hydrogen-bond donors (Lipinski definition) is 2. The average Bonchev–Trinajstić information content (AvgIpc) is 2.50. The molecule has 2 N–H and O–H groups in total. The van der Waals surface area contributed by atoms with Gasteiger partial charge >= 0.3 is 0 Å². The zero-order valence-corrected chi connectivity index (χ0v) is 12.3. The maximum atomic E-state index is 9.56. The zero-order valence-electron chi connectivity index (χ0n) is 12.3. The summed E-state index contributed by atoms with van der Waals surface area (Å²) in [6.45, 7) is 0. The number of rotatable bonds is 6. The molecular formula is C17H20O4. The highest BCUT2D eigenvalue weighted by Gasteiger charge is 2.05. The number of phenols is 2. The number of phenolic OH excluding ortho intramolecular Hbond substituents is 2. The monoisotopic (exact) mass is 288 g/mol. The molecule has 2 rings (SSSR count). The zero-order chi connectivity index (χ0) is 15.2. The van der Waals surface area contributed by atoms with Crippen LogP contribution in [0.4, 0.5) is 0 Å². The summed E-state index contributed by atoms with van der Waals surface area (Å²) >= 11 is 0. The molecule has 0 aliphatic rings. The molecule has 0 heterocycles. The molecule has 0 fully saturated rings. The Kier molecular flexibility index (Phi) is 4.93. The fraction of sp³-hybridized carbons (Fsp3) is 0.294. The summed E-state index contributed by atoms with van der Waals surface area (Å²) in [6.07, 6.45) is 2.74. The van der Waals surface area contributed by atoms with Crippen LogP contribution in [0.3, 0.4) is 0 Å². The smallest absolute Gasteiger partial charge is 0.160 e. The Morgan fingerprint density at radius 2 is 1.19 bits per heavy atom. The predicted molar refractivity (Wildman–Crippen MR) is 81.3 cm³/mol. The summed E-state index contributed by atoms with van der Waals surface area (Å²) in [4.78, 5) is 0. The molecule has 112 valence electrons. The van der Waals surface area contributed by atoms with Crippen molar-refractivity contribution in [1.82, 2.24) is 0 Å². The van der Waals surface area contributed by atoms with Crippen LogP contribution in [0.2, 0.25) is 0 Å². The molecule has 0 amide bonds. The van der Waals surface area contributed by atoms with E-state index < -0.39 is 0 Å². The Labute approximate surface area is 124 Å². The molecule has 0 spiro atoms. The van der Waals surface area contributed by atoms with Crippen molar-refractivity contribution in [1.29, 1.82) is 0 Å². The second kappa shape index (κ2) is 6.88. The Balaban J connectivity index is 1.95. The maximum Gasteiger partial charge on any atom is 0.160 e. The van der Waals surface area contributed by atoms with Gasteiger partial charge in [0.1, 0.15) is 0 Å². The van der Waals surface area contributed by atoms with Gasteiger partial charge in [0, 0.05) is 0 Å². The fourth-order valence-corrected chi connectivity index (χ4v) is 2.25. The van der Waals surface area contributed by atoms with Gasteiger partial charge < -0.3 is 19.7 Å². The quantitative estimate of drug-likeness (QED) is 0.856. The van der Waals surface area contributed by atoms with Crippen LogP contribution in [0, 0.1) is 0 Å². The third kappa shape index (κ3) is 3.81. The molecule has 0 radical (unpaired) electrons. The first-order chi connectivity index (χ1) is 10.1. The van der Waals surface area contributed by atoms with Gasteiger partial charge in [0.15, 0.2) is 23.0 Å². The molecule has 0 unspecified atom stereocenters. The van der Waals surface area contributed by atoms with Crippen molar-refractivity contribution in [3.05, 3.63) is 47.5 Å². The van der Waals surface area contributed by atoms with E-state index in [1.807, 2.05) is 24.3 Å². The van der Waals surface area contributed by atoms with Gasteiger partial charge in [-0.05, 0) is 54.7 Å². The molecule has 0 atom stereocenters. The third-order valence-electron chi connectivity index (χ3n) is 3.42. The molecule has 4 heteroatoms. The summed E-state index contributed by atoms with van der Waals surface area (Å²) < 4.78 is 10.2. The van der Waals surface area contributed by atoms with Crippen LogP contribution in [-0.2, 0) is 12.8 Å². The lowest BCUT2D eigenvalue weighted by Gasteiger charge is -2.08. The Morgan fingerprint density at radius 1 is 0.762 bits per heavy atom. The standard InChI is InChI=1S/C17H20O4/c1-20-16-10-12(6-8-14(16)18)4-3-5-13-7-9-15(19)17(11-13)21-2/h6-11,18-19H,3-5H2,1-2H3. The Bertz CT molecular complexity index is 554. The fourth-order valence-electron chi connectivity index (χ4n) is 2.25. The van der Waals surface area contributed by atoms with Gasteiger partial charge in [-0.2, -0.15) is 0 Å². The number of methoxy groups -OCH3 is 2. The maximum absolute atomic E-state index is 9.56. The lowest BCUT2D eigenvalue weighted by Crippen LogP contribution is -1.93. The van der Waals surface area contributed by atoms with Crippen LogP contribution in [0.25, 0.3) is 0 Å². The van der Waals surface area contributed by atoms with Crippen LogP contribution in [0.5, 0.6) is 23.0 Å². The molecular weight excluding hydrogens is 268 g/mol. The van der Waals surface area contributed by atoms with Crippen molar-refractivity contribution >= 4 is 0 Å². The summed E-state index contributed by atoms with van der Waals surface area (Å²) in [5, 5.41) is 19.1. The molecule has 0 saturated carbocycles. The first-order valence-corrected chi connectivity index (χ1v) is 6.86. The van der Waals surface area contributed by atoms with Crippen molar-refractivity contribution in [3.8, 4) is 23.0 Å². The molecule has 0 saturated heterocycles. The second-order valence-corrected chi connectivity index (χ2v) is 4.87. The lowest BCUT2D eigenvalue weighted by molar-refractivity contribution is 0.372. The largest absolute Gasteiger partial charge is 0.504 e. The molecule has 0 aliphatic carbocycles. The van der Waals surface area contributed by atoms with E-state index in [-0.39, 0.29) is 11.5 Å². The minimum absolute atomic E-state index is 0.157. The average molecular weight is 288 g/mol. The van der Waals surface area contributed by atoms with E-state index in [4.69, 9.17) is 9.47 Å². The van der Waals surface area contributed by atoms with Crippen molar-refractivity contribution in [2.45, 2.75) is 19.3 Å². The van der Waals surface area contributed by atoms with Gasteiger partial charge in [-0.15, -0.1) is 0 Å². The molecule has 4 nitrogen and oxygen atoms in total. The predicted octanol–water partition coefficient (Wildman–Crippen LogP) is 3.29. The normalized spacial score (nSPS) is 10.4. The molecule has 0 bridgehead atoms. The van der Waals surface area contributed by atoms with E-state index in [2.05, 4.69) is 0 Å². The Hall–Kier alpha value is -2.36. The minimum atomic E-state index is 0.157. The van der Waals surface area contributed by atoms with E-state index in [9.17, 15) is 10.2 Å². The van der Waals surface area contributed by atoms with Crippen LogP contribution >= 0.6 is 0 Å². The van der Waals surface area contributed by atoms with E-state index in [1.165, 1.54) is 0 Å². The highest BCUT2D eigenvalue weighted by molar-refractivity contribution is 5.43. The van der Waals surface area contributed by atoms with Crippen LogP contribution in [0.15, 0.2) is 36.4 Å². The van der Waals surface area contributed by atoms with Gasteiger partial charge in [0.25, 0.3) is 0 Å². The first kappa shape index (κ1) is 15.0. The summed E-state index contributed by atoms with van der Waals surface area (Å²) in [5.41, 5.74) is 2.24. The number of ether oxygens (including phenoxy) is 2. The van der Waals surface area contributed by atoms with Crippen molar-refractivity contribution in [3.63, 3.8) is 0 Å². The minimum Gasteiger partial charge on any atom is -0.504 e. The van der Waals surface area contributed by atoms with E-state index >= 15 is 0 Å². The van der Waals surface area contributed by atoms with E-state index in [1.54, 1.807) is 26.4 Å². The van der Waals surface area contributed by atoms with Gasteiger partial charge in [0.05, 0.1) is 14.2 Å². The Morgan fingerprint density at radius 3 is 1.57 bits per heavy atom. The number of aromatic hydroxyl groups is 2. The van der Waals surface area contributed by atoms with Gasteiger partial charge in [0.2, 0.25) is 0 Å². The van der Waals surface area contributed by atoms with Gasteiger partial charge in [-0.1, -0.05) is 12.1 Å². The summed E-state index contributed by atoms with van der Waals surface area (Å²) in [5.74, 6) is 1.31. The van der Waals surface area contributed by atoms with Gasteiger partial charge in [-0.3, -0.25) is 0 Å². The van der Waals surface area contributed by atoms with Crippen LogP contribution in [0.1, 0.15) is 17.5 Å². The van der Waals surface area contributed by atoms with Crippen LogP contribution < -0.4 is 9.47 Å². The topological polar surface area (TPSA) is 58.9 Å². The molecule has 0 aromatic heterocycles. The molecule has 21 heavy (non-hydrogen) atoms. The lowest BCUT2D eigenvalue weighted by atomic mass is 10.0. The van der Waals surface area contributed by atoms with Crippen molar-refractivity contribution in [2.75, 3.05) is 14.2 Å². The summed E-state index contributed by atoms with van der Waals surface area (Å²) in [7, 11) is 3.09. The molecule has 2 aromatic rings. The highest BCUT2D eigenvalue weighted by atomic mass is 16.5. The number of aryl methyl sites for hydroxylation is 2. The third-order valence-corrected chi connectivity index (χ3v) is 3.42. The highest BCUT2D eigenvalue weighted by Crippen LogP contribution is 2.28. The molecule has 0 aliphatic heterocycles. The van der Waals surface area contributed by atoms with Crippen molar-refractivity contribution in [2.24, 2.45) is 0 Å². The van der Waals surface area contributed by atoms with E-state index in [0.29, 0.717) is 11.5 Å². The first-order valence-electron chi connectivity index (χ1n) is 6.86. The van der Waals surface area contributed by atoms with Crippen LogP contribution in [-0.4, -0.2) is 24.4 Å². The summed E-state index contributed by atoms with van der Waals surface area (Å²) in [6, 6.07) is 10.8. The second-order valence-electron chi connectivity index (χ2n) is 4.87. The number of benzene rings is 2. The van der Waals surface area contributed by atoms with Gasteiger partial charge in [-0.25, -0.2) is 0 Å². The molecule has 2 aromatic carbocycles. The van der Waals surface area contributed by atoms with E-state index in [0.717, 1.165) is 30.4 Å². The SMILES string of the molecule is COc1cc(CCCc2ccc(O)c(OC)c2)ccc1O. The number of hydrogen-bond acceptors (Lipinski definition) is 4.